The minimum absolute atomic E-state index is 0.0139. The second-order valence-corrected chi connectivity index (χ2v) is 3.49. The van der Waals surface area contributed by atoms with E-state index >= 15 is 0 Å². The van der Waals surface area contributed by atoms with Gasteiger partial charge >= 0.3 is 0 Å². The number of unbranched alkanes of at least 4 members (excludes halogenated alkanes) is 2. The van der Waals surface area contributed by atoms with E-state index in [1.54, 1.807) is 0 Å². The maximum Gasteiger partial charge on any atom is 0.200 e. The Hall–Kier alpha value is -1.84. The number of nitrogens with zero attached hydrogens (tertiary/aromatic N) is 1. The Morgan fingerprint density at radius 3 is 1.83 bits per heavy atom. The molecule has 0 amide bonds. The van der Waals surface area contributed by atoms with Crippen molar-refractivity contribution in [1.29, 1.82) is 5.26 Å². The van der Waals surface area contributed by atoms with Crippen molar-refractivity contribution >= 4 is 5.69 Å². The summed E-state index contributed by atoms with van der Waals surface area (Å²) in [4.78, 5) is 0. The Morgan fingerprint density at radius 1 is 0.833 bits per heavy atom. The predicted octanol–water partition coefficient (Wildman–Crippen LogP) is 3.49. The first kappa shape index (κ1) is 14.2. The van der Waals surface area contributed by atoms with Gasteiger partial charge in [-0.3, -0.25) is 0 Å². The Labute approximate surface area is 100 Å². The number of nitriles is 1. The van der Waals surface area contributed by atoms with Crippen LogP contribution in [0.5, 0.6) is 0 Å². The molecule has 0 saturated heterocycles. The molecule has 2 nitrogen and oxygen atoms in total. The third kappa shape index (κ3) is 2.88. The molecule has 0 fully saturated rings. The third-order valence-corrected chi connectivity index (χ3v) is 2.23. The van der Waals surface area contributed by atoms with Crippen LogP contribution in [0.4, 0.5) is 27.6 Å². The molecule has 1 aromatic rings. The second kappa shape index (κ2) is 6.19. The monoisotopic (exact) mass is 264 g/mol. The molecule has 7 heteroatoms. The largest absolute Gasteiger partial charge is 0.380 e. The molecule has 0 aliphatic rings. The first-order chi connectivity index (χ1) is 8.50. The summed E-state index contributed by atoms with van der Waals surface area (Å²) in [7, 11) is 0. The molecule has 0 atom stereocenters. The van der Waals surface area contributed by atoms with Crippen molar-refractivity contribution < 1.29 is 22.0 Å². The van der Waals surface area contributed by atoms with Gasteiger partial charge in [0.25, 0.3) is 0 Å². The Balaban J connectivity index is 2.80. The molecule has 98 valence electrons. The quantitative estimate of drug-likeness (QED) is 0.382. The highest BCUT2D eigenvalue weighted by molar-refractivity contribution is 5.47. The number of anilines is 1. The zero-order chi connectivity index (χ0) is 13.7. The van der Waals surface area contributed by atoms with Gasteiger partial charge in [-0.1, -0.05) is 0 Å². The van der Waals surface area contributed by atoms with Gasteiger partial charge < -0.3 is 5.32 Å². The van der Waals surface area contributed by atoms with Crippen molar-refractivity contribution in [2.45, 2.75) is 19.3 Å². The summed E-state index contributed by atoms with van der Waals surface area (Å²) in [6.45, 7) is 0.0139. The lowest BCUT2D eigenvalue weighted by Crippen LogP contribution is -2.10. The van der Waals surface area contributed by atoms with Crippen molar-refractivity contribution in [2.75, 3.05) is 11.9 Å². The lowest BCUT2D eigenvalue weighted by atomic mass is 10.2. The summed E-state index contributed by atoms with van der Waals surface area (Å²) in [6.07, 6.45) is 1.12. The lowest BCUT2D eigenvalue weighted by molar-refractivity contribution is 0.381. The Morgan fingerprint density at radius 2 is 1.33 bits per heavy atom. The van der Waals surface area contributed by atoms with Crippen LogP contribution >= 0.6 is 0 Å². The molecule has 1 aromatic carbocycles. The summed E-state index contributed by atoms with van der Waals surface area (Å²) < 4.78 is 64.6. The summed E-state index contributed by atoms with van der Waals surface area (Å²) in [6, 6.07) is 1.87. The third-order valence-electron chi connectivity index (χ3n) is 2.23. The van der Waals surface area contributed by atoms with E-state index < -0.39 is 34.8 Å². The van der Waals surface area contributed by atoms with Gasteiger partial charge in [0.2, 0.25) is 5.82 Å². The average molecular weight is 264 g/mol. The van der Waals surface area contributed by atoms with Crippen molar-refractivity contribution in [3.63, 3.8) is 0 Å². The maximum atomic E-state index is 13.1. The number of nitrogens with one attached hydrogen (secondary N) is 1. The fourth-order valence-electron chi connectivity index (χ4n) is 1.30. The van der Waals surface area contributed by atoms with Crippen LogP contribution in [0.25, 0.3) is 0 Å². The van der Waals surface area contributed by atoms with E-state index in [0.717, 1.165) is 0 Å². The van der Waals surface area contributed by atoms with E-state index in [4.69, 9.17) is 5.26 Å². The molecule has 0 heterocycles. The molecule has 0 aromatic heterocycles. The number of halogens is 5. The maximum absolute atomic E-state index is 13.1. The molecule has 0 bridgehead atoms. The molecular weight excluding hydrogens is 255 g/mol. The molecule has 0 spiro atoms. The molecule has 0 saturated carbocycles. The standard InChI is InChI=1S/C11H9F5N2/c12-6-7(13)9(15)11(10(16)8(6)14)18-5-3-1-2-4-17/h18H,1-3,5H2. The zero-order valence-electron chi connectivity index (χ0n) is 9.17. The van der Waals surface area contributed by atoms with E-state index in [2.05, 4.69) is 5.32 Å². The Kier molecular flexibility index (Phi) is 4.89. The molecule has 0 aliphatic heterocycles. The van der Waals surface area contributed by atoms with Crippen LogP contribution in [-0.4, -0.2) is 6.54 Å². The molecule has 0 radical (unpaired) electrons. The fourth-order valence-corrected chi connectivity index (χ4v) is 1.30. The summed E-state index contributed by atoms with van der Waals surface area (Å²) >= 11 is 0. The van der Waals surface area contributed by atoms with Gasteiger partial charge in [-0.25, -0.2) is 22.0 Å². The van der Waals surface area contributed by atoms with E-state index in [9.17, 15) is 22.0 Å². The van der Waals surface area contributed by atoms with Gasteiger partial charge in [0.1, 0.15) is 5.69 Å². The van der Waals surface area contributed by atoms with E-state index in [1.165, 1.54) is 0 Å². The van der Waals surface area contributed by atoms with Crippen molar-refractivity contribution in [1.82, 2.24) is 0 Å². The predicted molar refractivity (Wildman–Crippen MR) is 54.2 cm³/mol. The van der Waals surface area contributed by atoms with Crippen molar-refractivity contribution in [2.24, 2.45) is 0 Å². The van der Waals surface area contributed by atoms with Crippen LogP contribution in [0.15, 0.2) is 0 Å². The van der Waals surface area contributed by atoms with Gasteiger partial charge in [-0.15, -0.1) is 0 Å². The first-order valence-corrected chi connectivity index (χ1v) is 5.13. The van der Waals surface area contributed by atoms with Crippen LogP contribution in [0.3, 0.4) is 0 Å². The number of benzene rings is 1. The molecular formula is C11H9F5N2. The van der Waals surface area contributed by atoms with Crippen molar-refractivity contribution in [3.8, 4) is 6.07 Å². The second-order valence-electron chi connectivity index (χ2n) is 3.49. The van der Waals surface area contributed by atoms with Gasteiger partial charge in [0, 0.05) is 13.0 Å². The number of rotatable bonds is 5. The zero-order valence-corrected chi connectivity index (χ0v) is 9.17. The Bertz CT molecular complexity index is 452. The van der Waals surface area contributed by atoms with Crippen LogP contribution in [-0.2, 0) is 0 Å². The number of hydrogen-bond donors (Lipinski definition) is 1. The minimum Gasteiger partial charge on any atom is -0.380 e. The summed E-state index contributed by atoms with van der Waals surface area (Å²) in [5.74, 6) is -9.90. The van der Waals surface area contributed by atoms with Crippen LogP contribution in [0.2, 0.25) is 0 Å². The smallest absolute Gasteiger partial charge is 0.200 e. The van der Waals surface area contributed by atoms with Gasteiger partial charge in [0.15, 0.2) is 23.3 Å². The highest BCUT2D eigenvalue weighted by Gasteiger charge is 2.25. The van der Waals surface area contributed by atoms with Gasteiger partial charge in [-0.2, -0.15) is 5.26 Å². The van der Waals surface area contributed by atoms with Crippen LogP contribution < -0.4 is 5.32 Å². The average Bonchev–Trinajstić information content (AvgIpc) is 2.37. The normalized spacial score (nSPS) is 10.2. The minimum atomic E-state index is -2.18. The molecule has 0 aliphatic carbocycles. The molecule has 18 heavy (non-hydrogen) atoms. The summed E-state index contributed by atoms with van der Waals surface area (Å²) in [5.41, 5.74) is -1.04. The molecule has 0 unspecified atom stereocenters. The molecule has 1 N–H and O–H groups in total. The summed E-state index contributed by atoms with van der Waals surface area (Å²) in [5, 5.41) is 10.4. The van der Waals surface area contributed by atoms with E-state index in [-0.39, 0.29) is 13.0 Å². The first-order valence-electron chi connectivity index (χ1n) is 5.13. The SMILES string of the molecule is N#CCCCCNc1c(F)c(F)c(F)c(F)c1F. The van der Waals surface area contributed by atoms with Gasteiger partial charge in [-0.05, 0) is 12.8 Å². The van der Waals surface area contributed by atoms with E-state index in [1.807, 2.05) is 6.07 Å². The fraction of sp³-hybridized carbons (Fsp3) is 0.364. The van der Waals surface area contributed by atoms with Gasteiger partial charge in [0.05, 0.1) is 6.07 Å². The van der Waals surface area contributed by atoms with Crippen LogP contribution in [0, 0.1) is 40.4 Å². The number of hydrogen-bond acceptors (Lipinski definition) is 2. The highest BCUT2D eigenvalue weighted by Crippen LogP contribution is 2.26. The topological polar surface area (TPSA) is 35.8 Å². The highest BCUT2D eigenvalue weighted by atomic mass is 19.2. The van der Waals surface area contributed by atoms with Crippen LogP contribution in [0.1, 0.15) is 19.3 Å². The van der Waals surface area contributed by atoms with E-state index in [0.29, 0.717) is 12.8 Å². The van der Waals surface area contributed by atoms with Crippen molar-refractivity contribution in [3.05, 3.63) is 29.1 Å². The lowest BCUT2D eigenvalue weighted by Gasteiger charge is -2.10. The molecule has 1 rings (SSSR count).